The van der Waals surface area contributed by atoms with Crippen molar-refractivity contribution in [2.75, 3.05) is 0 Å². The first kappa shape index (κ1) is 15.0. The molecule has 2 aromatic rings. The second-order valence-electron chi connectivity index (χ2n) is 4.89. The highest BCUT2D eigenvalue weighted by atomic mass is 19.1. The van der Waals surface area contributed by atoms with E-state index in [0.29, 0.717) is 5.56 Å². The van der Waals surface area contributed by atoms with Gasteiger partial charge in [0.15, 0.2) is 0 Å². The van der Waals surface area contributed by atoms with E-state index < -0.39 is 0 Å². The Bertz CT molecular complexity index is 616. The Morgan fingerprint density at radius 1 is 1.33 bits per heavy atom. The van der Waals surface area contributed by atoms with Gasteiger partial charge in [-0.2, -0.15) is 0 Å². The topological polar surface area (TPSA) is 54.0 Å². The van der Waals surface area contributed by atoms with E-state index in [4.69, 9.17) is 0 Å². The highest BCUT2D eigenvalue weighted by Crippen LogP contribution is 2.09. The Kier molecular flexibility index (Phi) is 4.87. The van der Waals surface area contributed by atoms with Gasteiger partial charge in [-0.15, -0.1) is 0 Å². The number of benzene rings is 1. The molecule has 0 saturated heterocycles. The van der Waals surface area contributed by atoms with Gasteiger partial charge in [0.05, 0.1) is 11.7 Å². The largest absolute Gasteiger partial charge is 0.334 e. The van der Waals surface area contributed by atoms with Crippen molar-refractivity contribution >= 4 is 6.03 Å². The predicted molar refractivity (Wildman–Crippen MR) is 79.2 cm³/mol. The van der Waals surface area contributed by atoms with Crippen LogP contribution >= 0.6 is 0 Å². The van der Waals surface area contributed by atoms with Crippen molar-refractivity contribution in [1.29, 1.82) is 0 Å². The molecule has 1 aromatic carbocycles. The summed E-state index contributed by atoms with van der Waals surface area (Å²) in [6.07, 6.45) is 1.68. The van der Waals surface area contributed by atoms with Crippen LogP contribution in [0, 0.1) is 12.7 Å². The number of nitrogens with zero attached hydrogens (tertiary/aromatic N) is 1. The Morgan fingerprint density at radius 2 is 2.14 bits per heavy atom. The normalized spacial score (nSPS) is 11.8. The molecule has 0 fully saturated rings. The molecular formula is C16H18FN3O. The van der Waals surface area contributed by atoms with E-state index in [2.05, 4.69) is 15.6 Å². The average molecular weight is 287 g/mol. The SMILES string of the molecule is Cc1ccc(CNC(=O)N[C@H](C)c2ccccn2)cc1F. The van der Waals surface area contributed by atoms with Crippen LogP contribution in [-0.2, 0) is 6.54 Å². The smallest absolute Gasteiger partial charge is 0.315 e. The van der Waals surface area contributed by atoms with Crippen LogP contribution in [0.4, 0.5) is 9.18 Å². The van der Waals surface area contributed by atoms with Gasteiger partial charge in [-0.1, -0.05) is 18.2 Å². The van der Waals surface area contributed by atoms with Gasteiger partial charge in [-0.3, -0.25) is 4.98 Å². The molecule has 0 radical (unpaired) electrons. The van der Waals surface area contributed by atoms with Crippen LogP contribution in [0.2, 0.25) is 0 Å². The number of aromatic nitrogens is 1. The molecule has 2 amide bonds. The zero-order valence-corrected chi connectivity index (χ0v) is 12.1. The maximum atomic E-state index is 13.4. The minimum Gasteiger partial charge on any atom is -0.334 e. The Hall–Kier alpha value is -2.43. The van der Waals surface area contributed by atoms with Crippen molar-refractivity contribution in [2.45, 2.75) is 26.4 Å². The van der Waals surface area contributed by atoms with Crippen LogP contribution < -0.4 is 10.6 Å². The van der Waals surface area contributed by atoms with Crippen LogP contribution in [0.15, 0.2) is 42.6 Å². The van der Waals surface area contributed by atoms with E-state index in [0.717, 1.165) is 11.3 Å². The molecule has 0 aliphatic carbocycles. The summed E-state index contributed by atoms with van der Waals surface area (Å²) in [5.74, 6) is -0.267. The van der Waals surface area contributed by atoms with Crippen molar-refractivity contribution in [3.8, 4) is 0 Å². The molecule has 5 heteroatoms. The Labute approximate surface area is 123 Å². The fourth-order valence-electron chi connectivity index (χ4n) is 1.88. The fraction of sp³-hybridized carbons (Fsp3) is 0.250. The lowest BCUT2D eigenvalue weighted by atomic mass is 10.1. The molecule has 0 bridgehead atoms. The molecule has 21 heavy (non-hydrogen) atoms. The lowest BCUT2D eigenvalue weighted by Crippen LogP contribution is -2.36. The summed E-state index contributed by atoms with van der Waals surface area (Å²) in [6, 6.07) is 9.95. The number of nitrogens with one attached hydrogen (secondary N) is 2. The van der Waals surface area contributed by atoms with Gasteiger partial charge in [0, 0.05) is 12.7 Å². The molecule has 0 saturated carbocycles. The summed E-state index contributed by atoms with van der Waals surface area (Å²) < 4.78 is 13.4. The molecule has 1 heterocycles. The lowest BCUT2D eigenvalue weighted by molar-refractivity contribution is 0.237. The molecule has 1 atom stereocenters. The lowest BCUT2D eigenvalue weighted by Gasteiger charge is -2.14. The third-order valence-corrected chi connectivity index (χ3v) is 3.17. The van der Waals surface area contributed by atoms with Crippen molar-refractivity contribution in [2.24, 2.45) is 0 Å². The quantitative estimate of drug-likeness (QED) is 0.908. The average Bonchev–Trinajstić information content (AvgIpc) is 2.49. The number of hydrogen-bond donors (Lipinski definition) is 2. The number of rotatable bonds is 4. The number of amides is 2. The monoisotopic (exact) mass is 287 g/mol. The van der Waals surface area contributed by atoms with Gasteiger partial charge in [0.1, 0.15) is 5.82 Å². The first-order valence-corrected chi connectivity index (χ1v) is 6.76. The molecule has 0 unspecified atom stereocenters. The van der Waals surface area contributed by atoms with Crippen molar-refractivity contribution in [3.63, 3.8) is 0 Å². The minimum absolute atomic E-state index is 0.194. The fourth-order valence-corrected chi connectivity index (χ4v) is 1.88. The summed E-state index contributed by atoms with van der Waals surface area (Å²) in [7, 11) is 0. The van der Waals surface area contributed by atoms with Crippen LogP contribution in [-0.4, -0.2) is 11.0 Å². The van der Waals surface area contributed by atoms with Crippen molar-refractivity contribution in [1.82, 2.24) is 15.6 Å². The van der Waals surface area contributed by atoms with Crippen LogP contribution in [0.3, 0.4) is 0 Å². The Balaban J connectivity index is 1.86. The number of carbonyl (C=O) groups is 1. The number of pyridine rings is 1. The van der Waals surface area contributed by atoms with E-state index in [1.54, 1.807) is 25.3 Å². The van der Waals surface area contributed by atoms with E-state index in [1.165, 1.54) is 6.07 Å². The number of aryl methyl sites for hydroxylation is 1. The van der Waals surface area contributed by atoms with Crippen LogP contribution in [0.1, 0.15) is 29.8 Å². The number of carbonyl (C=O) groups excluding carboxylic acids is 1. The van der Waals surface area contributed by atoms with E-state index in [9.17, 15) is 9.18 Å². The molecule has 4 nitrogen and oxygen atoms in total. The highest BCUT2D eigenvalue weighted by Gasteiger charge is 2.10. The van der Waals surface area contributed by atoms with E-state index >= 15 is 0 Å². The third-order valence-electron chi connectivity index (χ3n) is 3.17. The highest BCUT2D eigenvalue weighted by molar-refractivity contribution is 5.74. The second kappa shape index (κ2) is 6.83. The van der Waals surface area contributed by atoms with Gasteiger partial charge >= 0.3 is 6.03 Å². The van der Waals surface area contributed by atoms with Gasteiger partial charge < -0.3 is 10.6 Å². The molecule has 0 aliphatic rings. The van der Waals surface area contributed by atoms with Crippen molar-refractivity contribution in [3.05, 3.63) is 65.2 Å². The number of hydrogen-bond acceptors (Lipinski definition) is 2. The number of halogens is 1. The predicted octanol–water partition coefficient (Wildman–Crippen LogP) is 3.09. The minimum atomic E-state index is -0.311. The van der Waals surface area contributed by atoms with Gasteiger partial charge in [-0.05, 0) is 43.2 Å². The first-order valence-electron chi connectivity index (χ1n) is 6.76. The molecule has 2 rings (SSSR count). The van der Waals surface area contributed by atoms with Gasteiger partial charge in [0.25, 0.3) is 0 Å². The van der Waals surface area contributed by atoms with Gasteiger partial charge in [0.2, 0.25) is 0 Å². The molecule has 2 N–H and O–H groups in total. The second-order valence-corrected chi connectivity index (χ2v) is 4.89. The van der Waals surface area contributed by atoms with Crippen molar-refractivity contribution < 1.29 is 9.18 Å². The third kappa shape index (κ3) is 4.27. The summed E-state index contributed by atoms with van der Waals surface area (Å²) in [5.41, 5.74) is 2.10. The zero-order chi connectivity index (χ0) is 15.2. The van der Waals surface area contributed by atoms with Crippen LogP contribution in [0.25, 0.3) is 0 Å². The maximum absolute atomic E-state index is 13.4. The molecule has 0 spiro atoms. The van der Waals surface area contributed by atoms with Gasteiger partial charge in [-0.25, -0.2) is 9.18 Å². The van der Waals surface area contributed by atoms with Crippen LogP contribution in [0.5, 0.6) is 0 Å². The Morgan fingerprint density at radius 3 is 2.81 bits per heavy atom. The summed E-state index contributed by atoms with van der Waals surface area (Å²) in [6.45, 7) is 3.83. The maximum Gasteiger partial charge on any atom is 0.315 e. The summed E-state index contributed by atoms with van der Waals surface area (Å²) in [4.78, 5) is 16.0. The summed E-state index contributed by atoms with van der Waals surface area (Å²) in [5, 5.41) is 5.49. The molecular weight excluding hydrogens is 269 g/mol. The number of urea groups is 1. The van der Waals surface area contributed by atoms with E-state index in [1.807, 2.05) is 25.1 Å². The molecule has 1 aromatic heterocycles. The molecule has 0 aliphatic heterocycles. The molecule has 110 valence electrons. The standard InChI is InChI=1S/C16H18FN3O/c1-11-6-7-13(9-14(11)17)10-19-16(21)20-12(2)15-5-3-4-8-18-15/h3-9,12H,10H2,1-2H3,(H2,19,20,21)/t12-/m1/s1. The summed E-state index contributed by atoms with van der Waals surface area (Å²) >= 11 is 0. The first-order chi connectivity index (χ1) is 10.1. The zero-order valence-electron chi connectivity index (χ0n) is 12.1. The van der Waals surface area contributed by atoms with E-state index in [-0.39, 0.29) is 24.4 Å².